The number of rotatable bonds is 5. The lowest BCUT2D eigenvalue weighted by molar-refractivity contribution is 0.742. The third kappa shape index (κ3) is 3.98. The summed E-state index contributed by atoms with van der Waals surface area (Å²) in [6, 6.07) is 3.98. The maximum atomic E-state index is 3.99. The molecule has 0 aromatic carbocycles. The molecule has 2 nitrogen and oxygen atoms in total. The van der Waals surface area contributed by atoms with E-state index in [-0.39, 0.29) is 0 Å². The molecule has 0 N–H and O–H groups in total. The summed E-state index contributed by atoms with van der Waals surface area (Å²) >= 11 is 0. The normalized spacial score (nSPS) is 12.7. The fraction of sp³-hybridized carbons (Fsp3) is 0.308. The third-order valence-corrected chi connectivity index (χ3v) is 2.25. The molecule has 1 atom stereocenters. The summed E-state index contributed by atoms with van der Waals surface area (Å²) < 4.78 is 0. The molecule has 0 aliphatic rings. The molecule has 0 saturated heterocycles. The zero-order chi connectivity index (χ0) is 11.1. The first-order valence-corrected chi connectivity index (χ1v) is 5.16. The molecule has 1 heterocycles. The van der Waals surface area contributed by atoms with Gasteiger partial charge in [-0.05, 0) is 30.7 Å². The summed E-state index contributed by atoms with van der Waals surface area (Å²) in [5.41, 5.74) is 1.15. The third-order valence-electron chi connectivity index (χ3n) is 2.25. The Morgan fingerprint density at radius 3 is 2.73 bits per heavy atom. The van der Waals surface area contributed by atoms with Gasteiger partial charge in [-0.1, -0.05) is 19.1 Å². The van der Waals surface area contributed by atoms with Gasteiger partial charge in [0.2, 0.25) is 0 Å². The van der Waals surface area contributed by atoms with E-state index in [0.29, 0.717) is 5.92 Å². The van der Waals surface area contributed by atoms with Crippen LogP contribution in [0.5, 0.6) is 0 Å². The quantitative estimate of drug-likeness (QED) is 0.681. The second kappa shape index (κ2) is 6.02. The van der Waals surface area contributed by atoms with Gasteiger partial charge in [0.15, 0.2) is 0 Å². The molecule has 1 rings (SSSR count). The van der Waals surface area contributed by atoms with Crippen molar-refractivity contribution >= 4 is 5.69 Å². The molecule has 0 saturated carbocycles. The Hall–Kier alpha value is -1.57. The molecular weight excluding hydrogens is 184 g/mol. The highest BCUT2D eigenvalue weighted by atomic mass is 15.1. The molecule has 2 heteroatoms. The number of hydrogen-bond acceptors (Lipinski definition) is 2. The molecule has 0 fully saturated rings. The topological polar surface area (TPSA) is 16.1 Å². The summed E-state index contributed by atoms with van der Waals surface area (Å²) in [5, 5.41) is 0. The molecule has 0 spiro atoms. The fourth-order valence-corrected chi connectivity index (χ4v) is 1.28. The van der Waals surface area contributed by atoms with Crippen LogP contribution in [0.4, 0.5) is 5.69 Å². The number of pyridine rings is 1. The summed E-state index contributed by atoms with van der Waals surface area (Å²) in [7, 11) is 2.03. The van der Waals surface area contributed by atoms with Gasteiger partial charge in [0, 0.05) is 25.1 Å². The van der Waals surface area contributed by atoms with Gasteiger partial charge in [0.05, 0.1) is 0 Å². The minimum Gasteiger partial charge on any atom is -0.351 e. The van der Waals surface area contributed by atoms with E-state index in [1.165, 1.54) is 0 Å². The van der Waals surface area contributed by atoms with E-state index >= 15 is 0 Å². The Bertz CT molecular complexity index is 317. The van der Waals surface area contributed by atoms with E-state index in [4.69, 9.17) is 0 Å². The number of allylic oxidation sites excluding steroid dienone is 2. The highest BCUT2D eigenvalue weighted by Crippen LogP contribution is 2.11. The van der Waals surface area contributed by atoms with Crippen LogP contribution in [-0.4, -0.2) is 12.0 Å². The van der Waals surface area contributed by atoms with Crippen molar-refractivity contribution in [2.45, 2.75) is 13.3 Å². The molecule has 0 amide bonds. The second-order valence-corrected chi connectivity index (χ2v) is 3.66. The first-order chi connectivity index (χ1) is 7.24. The van der Waals surface area contributed by atoms with Gasteiger partial charge in [-0.3, -0.25) is 4.98 Å². The van der Waals surface area contributed by atoms with Crippen LogP contribution in [0.15, 0.2) is 49.5 Å². The SMILES string of the molecule is C=CCC(C)/C=C/N(C)c1ccncc1. The van der Waals surface area contributed by atoms with Gasteiger partial charge in [-0.25, -0.2) is 0 Å². The van der Waals surface area contributed by atoms with Crippen LogP contribution in [0, 0.1) is 5.92 Å². The van der Waals surface area contributed by atoms with Crippen molar-refractivity contribution in [3.8, 4) is 0 Å². The molecule has 1 unspecified atom stereocenters. The minimum absolute atomic E-state index is 0.534. The second-order valence-electron chi connectivity index (χ2n) is 3.66. The van der Waals surface area contributed by atoms with Crippen molar-refractivity contribution < 1.29 is 0 Å². The number of anilines is 1. The molecule has 0 aliphatic carbocycles. The molecule has 15 heavy (non-hydrogen) atoms. The van der Waals surface area contributed by atoms with Gasteiger partial charge in [-0.15, -0.1) is 6.58 Å². The van der Waals surface area contributed by atoms with E-state index in [9.17, 15) is 0 Å². The van der Waals surface area contributed by atoms with Gasteiger partial charge in [0.25, 0.3) is 0 Å². The van der Waals surface area contributed by atoms with Crippen LogP contribution < -0.4 is 4.90 Å². The first-order valence-electron chi connectivity index (χ1n) is 5.16. The maximum absolute atomic E-state index is 3.99. The fourth-order valence-electron chi connectivity index (χ4n) is 1.28. The highest BCUT2D eigenvalue weighted by molar-refractivity contribution is 5.46. The van der Waals surface area contributed by atoms with Crippen LogP contribution in [0.1, 0.15) is 13.3 Å². The van der Waals surface area contributed by atoms with Crippen molar-refractivity contribution in [1.82, 2.24) is 4.98 Å². The lowest BCUT2D eigenvalue weighted by Crippen LogP contribution is -2.08. The van der Waals surface area contributed by atoms with Crippen LogP contribution in [0.2, 0.25) is 0 Å². The summed E-state index contributed by atoms with van der Waals surface area (Å²) in [6.45, 7) is 5.91. The van der Waals surface area contributed by atoms with Crippen molar-refractivity contribution in [2.75, 3.05) is 11.9 Å². The molecular formula is C13H18N2. The number of nitrogens with zero attached hydrogens (tertiary/aromatic N) is 2. The Balaban J connectivity index is 2.55. The molecule has 0 radical (unpaired) electrons. The van der Waals surface area contributed by atoms with Gasteiger partial charge < -0.3 is 4.90 Å². The predicted molar refractivity (Wildman–Crippen MR) is 65.8 cm³/mol. The first kappa shape index (κ1) is 11.5. The van der Waals surface area contributed by atoms with Crippen molar-refractivity contribution in [1.29, 1.82) is 0 Å². The van der Waals surface area contributed by atoms with E-state index in [1.807, 2.05) is 25.3 Å². The van der Waals surface area contributed by atoms with Crippen LogP contribution >= 0.6 is 0 Å². The summed E-state index contributed by atoms with van der Waals surface area (Å²) in [5.74, 6) is 0.534. The van der Waals surface area contributed by atoms with Crippen molar-refractivity contribution in [3.05, 3.63) is 49.5 Å². The smallest absolute Gasteiger partial charge is 0.0434 e. The average Bonchev–Trinajstić information content (AvgIpc) is 2.27. The Morgan fingerprint density at radius 2 is 2.13 bits per heavy atom. The Kier molecular flexibility index (Phi) is 4.61. The molecule has 0 aliphatic heterocycles. The Labute approximate surface area is 92.0 Å². The standard InChI is InChI=1S/C13H18N2/c1-4-5-12(2)8-11-15(3)13-6-9-14-10-7-13/h4,6-12H,1,5H2,2-3H3/b11-8+. The van der Waals surface area contributed by atoms with E-state index in [0.717, 1.165) is 12.1 Å². The highest BCUT2D eigenvalue weighted by Gasteiger charge is 1.96. The minimum atomic E-state index is 0.534. The van der Waals surface area contributed by atoms with E-state index in [1.54, 1.807) is 12.4 Å². The Morgan fingerprint density at radius 1 is 1.47 bits per heavy atom. The lowest BCUT2D eigenvalue weighted by atomic mass is 10.1. The lowest BCUT2D eigenvalue weighted by Gasteiger charge is -2.14. The number of aromatic nitrogens is 1. The van der Waals surface area contributed by atoms with Crippen LogP contribution in [0.25, 0.3) is 0 Å². The molecule has 1 aromatic heterocycles. The largest absolute Gasteiger partial charge is 0.351 e. The van der Waals surface area contributed by atoms with Gasteiger partial charge >= 0.3 is 0 Å². The zero-order valence-electron chi connectivity index (χ0n) is 9.43. The average molecular weight is 202 g/mol. The molecule has 1 aromatic rings. The van der Waals surface area contributed by atoms with Crippen LogP contribution in [-0.2, 0) is 0 Å². The summed E-state index contributed by atoms with van der Waals surface area (Å²) in [6.07, 6.45) is 10.8. The predicted octanol–water partition coefficient (Wildman–Crippen LogP) is 3.24. The zero-order valence-corrected chi connectivity index (χ0v) is 9.43. The number of hydrogen-bond donors (Lipinski definition) is 0. The van der Waals surface area contributed by atoms with Gasteiger partial charge in [0.1, 0.15) is 0 Å². The van der Waals surface area contributed by atoms with Crippen molar-refractivity contribution in [3.63, 3.8) is 0 Å². The van der Waals surface area contributed by atoms with E-state index < -0.39 is 0 Å². The van der Waals surface area contributed by atoms with E-state index in [2.05, 4.69) is 35.7 Å². The monoisotopic (exact) mass is 202 g/mol. The van der Waals surface area contributed by atoms with Crippen LogP contribution in [0.3, 0.4) is 0 Å². The molecule has 80 valence electrons. The molecule has 0 bridgehead atoms. The van der Waals surface area contributed by atoms with Crippen molar-refractivity contribution in [2.24, 2.45) is 5.92 Å². The van der Waals surface area contributed by atoms with Gasteiger partial charge in [-0.2, -0.15) is 0 Å². The maximum Gasteiger partial charge on any atom is 0.0434 e. The summed E-state index contributed by atoms with van der Waals surface area (Å²) in [4.78, 5) is 6.07.